The zero-order valence-electron chi connectivity index (χ0n) is 31.6. The third-order valence-corrected chi connectivity index (χ3v) is 16.7. The Hall–Kier alpha value is -2.68. The minimum atomic E-state index is -0.773. The van der Waals surface area contributed by atoms with E-state index in [4.69, 9.17) is 0 Å². The molecule has 0 fully saturated rings. The van der Waals surface area contributed by atoms with E-state index in [9.17, 15) is 0 Å². The Morgan fingerprint density at radius 3 is 1.04 bits per heavy atom. The molecule has 6 aromatic rings. The Labute approximate surface area is 318 Å². The van der Waals surface area contributed by atoms with Crippen molar-refractivity contribution in [1.82, 2.24) is 0 Å². The van der Waals surface area contributed by atoms with Crippen LogP contribution in [-0.4, -0.2) is 0 Å². The zero-order valence-corrected chi connectivity index (χ0v) is 35.9. The molecule has 0 atom stereocenters. The van der Waals surface area contributed by atoms with Gasteiger partial charge in [0.1, 0.15) is 0 Å². The van der Waals surface area contributed by atoms with Gasteiger partial charge in [0.15, 0.2) is 0 Å². The predicted octanol–water partition coefficient (Wildman–Crippen LogP) is 10.0. The molecule has 0 aliphatic heterocycles. The summed E-state index contributed by atoms with van der Waals surface area (Å²) in [4.78, 5) is 0. The van der Waals surface area contributed by atoms with E-state index in [1.165, 1.54) is 98.6 Å². The molecule has 0 amide bonds. The first-order valence-electron chi connectivity index (χ1n) is 17.1. The molecular formula is C46H52P2Zr-6. The van der Waals surface area contributed by atoms with Crippen molar-refractivity contribution < 1.29 is 26.2 Å². The standard InChI is InChI=1S/C41H47P2.C5H5.Zr/c1-24-16-20-36(32(9)28(24)5)42(37-21-17-25(2)29(6)33(37)10)40-14-13-15-41(40)43(38-22-18-26(3)30(7)34(38)11)39-23-19-27(4)31(8)35(39)12;1-2-4-5-3-1;/h13-23H,1-12H3;1-5H;/q-1;-5;. The monoisotopic (exact) mass is 756 g/mol. The van der Waals surface area contributed by atoms with Crippen LogP contribution in [0.3, 0.4) is 0 Å². The summed E-state index contributed by atoms with van der Waals surface area (Å²) in [5, 5.41) is 8.96. The molecule has 0 saturated heterocycles. The predicted molar refractivity (Wildman–Crippen MR) is 218 cm³/mol. The summed E-state index contributed by atoms with van der Waals surface area (Å²) in [7, 11) is -1.55. The van der Waals surface area contributed by atoms with Crippen molar-refractivity contribution in [1.29, 1.82) is 0 Å². The molecule has 0 unspecified atom stereocenters. The van der Waals surface area contributed by atoms with Crippen LogP contribution in [0.5, 0.6) is 0 Å². The first-order chi connectivity index (χ1) is 22.8. The second kappa shape index (κ2) is 16.6. The quantitative estimate of drug-likeness (QED) is 0.117. The second-order valence-electron chi connectivity index (χ2n) is 13.5. The van der Waals surface area contributed by atoms with Gasteiger partial charge in [-0.15, -0.1) is 10.6 Å². The topological polar surface area (TPSA) is 0 Å². The molecule has 0 radical (unpaired) electrons. The summed E-state index contributed by atoms with van der Waals surface area (Å²) < 4.78 is 0. The number of rotatable bonds is 6. The molecule has 49 heavy (non-hydrogen) atoms. The Morgan fingerprint density at radius 1 is 0.388 bits per heavy atom. The summed E-state index contributed by atoms with van der Waals surface area (Å²) in [6.45, 7) is 27.5. The van der Waals surface area contributed by atoms with Gasteiger partial charge in [-0.25, -0.2) is 12.1 Å². The van der Waals surface area contributed by atoms with E-state index in [1.807, 2.05) is 30.3 Å². The minimum Gasteiger partial charge on any atom is -0.748 e. The van der Waals surface area contributed by atoms with Crippen molar-refractivity contribution in [3.05, 3.63) is 164 Å². The van der Waals surface area contributed by atoms with Gasteiger partial charge in [0.25, 0.3) is 0 Å². The first kappa shape index (κ1) is 39.1. The summed E-state index contributed by atoms with van der Waals surface area (Å²) in [5.41, 5.74) is 16.9. The Kier molecular flexibility index (Phi) is 13.2. The molecule has 0 saturated carbocycles. The SMILES string of the molecule is Cc1ccc(P(c2ccc(C)c(C)c2C)c2ccc[c-]2P(c2ccc(C)c(C)c2C)c2ccc(C)c(C)c2C)c(C)c1C.[Zr].[cH-]1[cH-][cH-][cH-][cH-]1. The van der Waals surface area contributed by atoms with Crippen molar-refractivity contribution in [3.8, 4) is 0 Å². The van der Waals surface area contributed by atoms with Crippen molar-refractivity contribution in [2.75, 3.05) is 0 Å². The van der Waals surface area contributed by atoms with Crippen molar-refractivity contribution in [2.24, 2.45) is 0 Å². The number of hydrogen-bond donors (Lipinski definition) is 0. The van der Waals surface area contributed by atoms with Crippen LogP contribution < -0.4 is 31.8 Å². The third-order valence-electron chi connectivity index (χ3n) is 10.9. The van der Waals surface area contributed by atoms with Gasteiger partial charge in [-0.3, -0.25) is 0 Å². The fourth-order valence-corrected chi connectivity index (χ4v) is 12.8. The van der Waals surface area contributed by atoms with Gasteiger partial charge < -0.3 is 30.3 Å². The van der Waals surface area contributed by atoms with Crippen molar-refractivity contribution in [3.63, 3.8) is 0 Å². The minimum absolute atomic E-state index is 0. The second-order valence-corrected chi connectivity index (χ2v) is 17.8. The molecule has 0 bridgehead atoms. The van der Waals surface area contributed by atoms with Crippen LogP contribution in [0, 0.1) is 83.1 Å². The maximum atomic E-state index is 2.45. The van der Waals surface area contributed by atoms with Crippen LogP contribution in [0.15, 0.2) is 97.1 Å². The molecule has 0 aromatic heterocycles. The van der Waals surface area contributed by atoms with E-state index < -0.39 is 15.8 Å². The first-order valence-corrected chi connectivity index (χ1v) is 19.8. The van der Waals surface area contributed by atoms with Gasteiger partial charge in [-0.1, -0.05) is 56.5 Å². The average molecular weight is 758 g/mol. The number of hydrogen-bond acceptors (Lipinski definition) is 0. The summed E-state index contributed by atoms with van der Waals surface area (Å²) in [6, 6.07) is 36.3. The van der Waals surface area contributed by atoms with Gasteiger partial charge in [-0.05, 0) is 179 Å². The largest absolute Gasteiger partial charge is 0.748 e. The Morgan fingerprint density at radius 2 is 0.694 bits per heavy atom. The molecule has 0 N–H and O–H groups in total. The smallest absolute Gasteiger partial charge is 0 e. The van der Waals surface area contributed by atoms with Crippen LogP contribution >= 0.6 is 15.8 Å². The molecule has 0 aliphatic rings. The molecule has 0 spiro atoms. The van der Waals surface area contributed by atoms with Crippen molar-refractivity contribution in [2.45, 2.75) is 83.1 Å². The van der Waals surface area contributed by atoms with Gasteiger partial charge in [-0.2, -0.15) is 6.07 Å². The molecule has 0 aliphatic carbocycles. The van der Waals surface area contributed by atoms with Crippen LogP contribution in [0.4, 0.5) is 0 Å². The van der Waals surface area contributed by atoms with Crippen molar-refractivity contribution >= 4 is 47.7 Å². The van der Waals surface area contributed by atoms with Gasteiger partial charge in [0, 0.05) is 26.2 Å². The van der Waals surface area contributed by atoms with Crippen LogP contribution in [0.25, 0.3) is 0 Å². The molecular weight excluding hydrogens is 706 g/mol. The molecule has 6 aromatic carbocycles. The van der Waals surface area contributed by atoms with E-state index >= 15 is 0 Å². The van der Waals surface area contributed by atoms with E-state index in [1.54, 1.807) is 0 Å². The zero-order chi connectivity index (χ0) is 34.9. The molecule has 0 heterocycles. The summed E-state index contributed by atoms with van der Waals surface area (Å²) in [6.07, 6.45) is 0. The van der Waals surface area contributed by atoms with E-state index in [2.05, 4.69) is 150 Å². The summed E-state index contributed by atoms with van der Waals surface area (Å²) in [5.74, 6) is 0. The maximum absolute atomic E-state index is 2.45. The molecule has 256 valence electrons. The number of aryl methyl sites for hydroxylation is 4. The van der Waals surface area contributed by atoms with Gasteiger partial charge >= 0.3 is 0 Å². The van der Waals surface area contributed by atoms with E-state index in [0.717, 1.165) is 0 Å². The average Bonchev–Trinajstić information content (AvgIpc) is 3.81. The molecule has 3 heteroatoms. The van der Waals surface area contributed by atoms with Crippen LogP contribution in [0.1, 0.15) is 66.8 Å². The summed E-state index contributed by atoms with van der Waals surface area (Å²) >= 11 is 0. The Balaban J connectivity index is 0.000000826. The van der Waals surface area contributed by atoms with Crippen LogP contribution in [-0.2, 0) is 26.2 Å². The fraction of sp³-hybridized carbons (Fsp3) is 0.261. The molecule has 6 rings (SSSR count). The van der Waals surface area contributed by atoms with E-state index in [0.29, 0.717) is 0 Å². The maximum Gasteiger partial charge on any atom is 0 e. The molecule has 0 nitrogen and oxygen atoms in total. The van der Waals surface area contributed by atoms with Crippen LogP contribution in [0.2, 0.25) is 0 Å². The normalized spacial score (nSPS) is 11.1. The third kappa shape index (κ3) is 7.82. The van der Waals surface area contributed by atoms with E-state index in [-0.39, 0.29) is 26.2 Å². The van der Waals surface area contributed by atoms with Gasteiger partial charge in [0.05, 0.1) is 0 Å². The number of benzene rings is 4. The fourth-order valence-electron chi connectivity index (χ4n) is 6.61. The van der Waals surface area contributed by atoms with Gasteiger partial charge in [0.2, 0.25) is 0 Å². The Bertz CT molecular complexity index is 1790.